The largest absolute Gasteiger partial charge is 0.480 e. The standard InChI is InChI=1S/C14H17F3O3/c1-9(14(15,16)17)19-11-8-6-5-7-10(11)12(18)20-13(2,3)4/h5-9H,1-4H3/t9-/m0/s1. The minimum absolute atomic E-state index is 0.0291. The zero-order valence-corrected chi connectivity index (χ0v) is 11.7. The van der Waals surface area contributed by atoms with E-state index in [1.165, 1.54) is 24.3 Å². The Labute approximate surface area is 115 Å². The van der Waals surface area contributed by atoms with E-state index in [-0.39, 0.29) is 11.3 Å². The van der Waals surface area contributed by atoms with Crippen molar-refractivity contribution in [1.29, 1.82) is 0 Å². The van der Waals surface area contributed by atoms with Crippen LogP contribution in [0.25, 0.3) is 0 Å². The first kappa shape index (κ1) is 16.3. The molecule has 0 fully saturated rings. The van der Waals surface area contributed by atoms with Crippen LogP contribution >= 0.6 is 0 Å². The Morgan fingerprint density at radius 2 is 1.70 bits per heavy atom. The monoisotopic (exact) mass is 290 g/mol. The van der Waals surface area contributed by atoms with E-state index < -0.39 is 23.9 Å². The number of benzene rings is 1. The molecule has 112 valence electrons. The maximum absolute atomic E-state index is 12.5. The van der Waals surface area contributed by atoms with Gasteiger partial charge in [-0.05, 0) is 39.8 Å². The van der Waals surface area contributed by atoms with Gasteiger partial charge >= 0.3 is 12.1 Å². The zero-order chi connectivity index (χ0) is 15.6. The molecule has 0 aliphatic heterocycles. The first-order valence-corrected chi connectivity index (χ1v) is 6.06. The van der Waals surface area contributed by atoms with Crippen LogP contribution in [0.15, 0.2) is 24.3 Å². The summed E-state index contributed by atoms with van der Waals surface area (Å²) in [5.41, 5.74) is -0.765. The smallest absolute Gasteiger partial charge is 0.425 e. The molecule has 0 saturated heterocycles. The summed E-state index contributed by atoms with van der Waals surface area (Å²) in [5.74, 6) is -0.867. The minimum atomic E-state index is -4.50. The fraction of sp³-hybridized carbons (Fsp3) is 0.500. The van der Waals surface area contributed by atoms with Crippen LogP contribution in [0.1, 0.15) is 38.1 Å². The predicted molar refractivity (Wildman–Crippen MR) is 67.8 cm³/mol. The van der Waals surface area contributed by atoms with Gasteiger partial charge in [-0.1, -0.05) is 12.1 Å². The van der Waals surface area contributed by atoms with E-state index in [1.807, 2.05) is 0 Å². The number of carbonyl (C=O) groups is 1. The molecule has 0 radical (unpaired) electrons. The average molecular weight is 290 g/mol. The van der Waals surface area contributed by atoms with Crippen molar-refractivity contribution in [2.45, 2.75) is 45.6 Å². The van der Waals surface area contributed by atoms with Crippen LogP contribution < -0.4 is 4.74 Å². The highest BCUT2D eigenvalue weighted by Crippen LogP contribution is 2.28. The number of rotatable bonds is 3. The van der Waals surface area contributed by atoms with E-state index in [2.05, 4.69) is 0 Å². The van der Waals surface area contributed by atoms with Crippen molar-refractivity contribution in [3.63, 3.8) is 0 Å². The molecular weight excluding hydrogens is 273 g/mol. The van der Waals surface area contributed by atoms with Crippen molar-refractivity contribution in [3.05, 3.63) is 29.8 Å². The molecule has 0 aromatic heterocycles. The number of ether oxygens (including phenoxy) is 2. The summed E-state index contributed by atoms with van der Waals surface area (Å²) >= 11 is 0. The third kappa shape index (κ3) is 4.75. The molecule has 1 aromatic carbocycles. The SMILES string of the molecule is C[C@H](Oc1ccccc1C(=O)OC(C)(C)C)C(F)(F)F. The van der Waals surface area contributed by atoms with Gasteiger partial charge in [0, 0.05) is 0 Å². The van der Waals surface area contributed by atoms with Crippen LogP contribution in [0.2, 0.25) is 0 Å². The number of hydrogen-bond donors (Lipinski definition) is 0. The molecule has 0 unspecified atom stereocenters. The van der Waals surface area contributed by atoms with Crippen LogP contribution in [-0.4, -0.2) is 23.9 Å². The van der Waals surface area contributed by atoms with E-state index >= 15 is 0 Å². The molecule has 1 aromatic rings. The Morgan fingerprint density at radius 1 is 1.15 bits per heavy atom. The highest BCUT2D eigenvalue weighted by Gasteiger charge is 2.38. The molecule has 0 saturated carbocycles. The Morgan fingerprint density at radius 3 is 2.20 bits per heavy atom. The van der Waals surface area contributed by atoms with Gasteiger partial charge in [0.2, 0.25) is 0 Å². The minimum Gasteiger partial charge on any atom is -0.480 e. The van der Waals surface area contributed by atoms with E-state index in [4.69, 9.17) is 9.47 Å². The van der Waals surface area contributed by atoms with Crippen LogP contribution in [0, 0.1) is 0 Å². The highest BCUT2D eigenvalue weighted by molar-refractivity contribution is 5.92. The molecule has 1 atom stereocenters. The number of halogens is 3. The average Bonchev–Trinajstić information content (AvgIpc) is 2.25. The second-order valence-corrected chi connectivity index (χ2v) is 5.30. The number of alkyl halides is 3. The van der Waals surface area contributed by atoms with Crippen LogP contribution in [0.3, 0.4) is 0 Å². The maximum atomic E-state index is 12.5. The molecule has 0 amide bonds. The fourth-order valence-corrected chi connectivity index (χ4v) is 1.33. The van der Waals surface area contributed by atoms with Gasteiger partial charge in [0.25, 0.3) is 0 Å². The van der Waals surface area contributed by atoms with Gasteiger partial charge < -0.3 is 9.47 Å². The van der Waals surface area contributed by atoms with Gasteiger partial charge in [-0.3, -0.25) is 0 Å². The predicted octanol–water partition coefficient (Wildman–Crippen LogP) is 3.97. The maximum Gasteiger partial charge on any atom is 0.425 e. The summed E-state index contributed by atoms with van der Waals surface area (Å²) < 4.78 is 47.4. The Kier molecular flexibility index (Phi) is 4.68. The number of hydrogen-bond acceptors (Lipinski definition) is 3. The van der Waals surface area contributed by atoms with Crippen LogP contribution in [-0.2, 0) is 4.74 Å². The zero-order valence-electron chi connectivity index (χ0n) is 11.7. The van der Waals surface area contributed by atoms with Crippen molar-refractivity contribution in [1.82, 2.24) is 0 Å². The third-order valence-corrected chi connectivity index (χ3v) is 2.27. The van der Waals surface area contributed by atoms with Crippen molar-refractivity contribution in [2.75, 3.05) is 0 Å². The topological polar surface area (TPSA) is 35.5 Å². The van der Waals surface area contributed by atoms with E-state index in [0.29, 0.717) is 0 Å². The summed E-state index contributed by atoms with van der Waals surface area (Å²) in [5, 5.41) is 0. The summed E-state index contributed by atoms with van der Waals surface area (Å²) in [4.78, 5) is 11.9. The van der Waals surface area contributed by atoms with Gasteiger partial charge in [-0.15, -0.1) is 0 Å². The van der Waals surface area contributed by atoms with Gasteiger partial charge in [0.15, 0.2) is 6.10 Å². The highest BCUT2D eigenvalue weighted by atomic mass is 19.4. The Balaban J connectivity index is 2.97. The summed E-state index contributed by atoms with van der Waals surface area (Å²) in [7, 11) is 0. The third-order valence-electron chi connectivity index (χ3n) is 2.27. The second-order valence-electron chi connectivity index (χ2n) is 5.30. The number of para-hydroxylation sites is 1. The lowest BCUT2D eigenvalue weighted by Crippen LogP contribution is -2.32. The first-order valence-electron chi connectivity index (χ1n) is 6.06. The summed E-state index contributed by atoms with van der Waals surface area (Å²) in [6.07, 6.45) is -6.51. The molecule has 0 aliphatic rings. The van der Waals surface area contributed by atoms with Gasteiger partial charge in [0.05, 0.1) is 0 Å². The molecule has 0 aliphatic carbocycles. The molecule has 0 heterocycles. The van der Waals surface area contributed by atoms with Crippen LogP contribution in [0.4, 0.5) is 13.2 Å². The summed E-state index contributed by atoms with van der Waals surface area (Å²) in [6.45, 7) is 5.90. The lowest BCUT2D eigenvalue weighted by atomic mass is 10.1. The van der Waals surface area contributed by atoms with Gasteiger partial charge in [0.1, 0.15) is 16.9 Å². The van der Waals surface area contributed by atoms with Crippen molar-refractivity contribution < 1.29 is 27.4 Å². The van der Waals surface area contributed by atoms with E-state index in [0.717, 1.165) is 6.92 Å². The normalized spacial score (nSPS) is 13.8. The molecule has 6 heteroatoms. The molecule has 20 heavy (non-hydrogen) atoms. The molecule has 0 bridgehead atoms. The first-order chi connectivity index (χ1) is 9.00. The van der Waals surface area contributed by atoms with Gasteiger partial charge in [-0.25, -0.2) is 4.79 Å². The van der Waals surface area contributed by atoms with Crippen LogP contribution in [0.5, 0.6) is 5.75 Å². The number of carbonyl (C=O) groups excluding carboxylic acids is 1. The van der Waals surface area contributed by atoms with Gasteiger partial charge in [-0.2, -0.15) is 13.2 Å². The molecule has 0 N–H and O–H groups in total. The number of esters is 1. The fourth-order valence-electron chi connectivity index (χ4n) is 1.33. The second kappa shape index (κ2) is 5.73. The lowest BCUT2D eigenvalue weighted by molar-refractivity contribution is -0.189. The molecule has 3 nitrogen and oxygen atoms in total. The molecular formula is C14H17F3O3. The summed E-state index contributed by atoms with van der Waals surface area (Å²) in [6, 6.07) is 5.70. The van der Waals surface area contributed by atoms with Crippen molar-refractivity contribution in [2.24, 2.45) is 0 Å². The quantitative estimate of drug-likeness (QED) is 0.790. The van der Waals surface area contributed by atoms with Crippen molar-refractivity contribution in [3.8, 4) is 5.75 Å². The lowest BCUT2D eigenvalue weighted by Gasteiger charge is -2.22. The molecule has 0 spiro atoms. The van der Waals surface area contributed by atoms with E-state index in [9.17, 15) is 18.0 Å². The Hall–Kier alpha value is -1.72. The molecule has 1 rings (SSSR count). The van der Waals surface area contributed by atoms with Crippen molar-refractivity contribution >= 4 is 5.97 Å². The Bertz CT molecular complexity index is 475. The van der Waals surface area contributed by atoms with E-state index in [1.54, 1.807) is 20.8 Å².